The number of rotatable bonds is 14. The highest BCUT2D eigenvalue weighted by atomic mass is 16.4. The lowest BCUT2D eigenvalue weighted by atomic mass is 9.89. The van der Waals surface area contributed by atoms with Crippen molar-refractivity contribution in [1.82, 2.24) is 30.6 Å². The van der Waals surface area contributed by atoms with E-state index in [0.717, 1.165) is 22.0 Å². The molecule has 0 saturated carbocycles. The molecule has 5 rings (SSSR count). The first-order valence-corrected chi connectivity index (χ1v) is 14.9. The minimum Gasteiger partial charge on any atom is -0.480 e. The lowest BCUT2D eigenvalue weighted by Crippen LogP contribution is -2.51. The van der Waals surface area contributed by atoms with Crippen molar-refractivity contribution >= 4 is 34.5 Å². The zero-order valence-electron chi connectivity index (χ0n) is 25.2. The fourth-order valence-electron chi connectivity index (χ4n) is 5.24. The third-order valence-electron chi connectivity index (χ3n) is 7.74. The summed E-state index contributed by atoms with van der Waals surface area (Å²) < 4.78 is 0. The number of benzene rings is 3. The number of aliphatic carboxylic acids is 1. The summed E-state index contributed by atoms with van der Waals surface area (Å²) >= 11 is 0. The predicted octanol–water partition coefficient (Wildman–Crippen LogP) is 2.74. The van der Waals surface area contributed by atoms with Gasteiger partial charge in [-0.15, -0.1) is 5.10 Å². The highest BCUT2D eigenvalue weighted by molar-refractivity contribution is 5.94. The van der Waals surface area contributed by atoms with Crippen LogP contribution in [0.4, 0.5) is 0 Å². The molecule has 0 bridgehead atoms. The number of hydrogen-bond acceptors (Lipinski definition) is 7. The number of carbonyl (C=O) groups is 4. The van der Waals surface area contributed by atoms with Crippen LogP contribution in [0, 0.1) is 12.8 Å². The number of aryl methyl sites for hydroxylation is 1. The molecular formula is C34H35N7O5. The van der Waals surface area contributed by atoms with E-state index in [1.807, 2.05) is 79.0 Å². The van der Waals surface area contributed by atoms with Gasteiger partial charge in [-0.3, -0.25) is 14.4 Å². The number of amides is 2. The third kappa shape index (κ3) is 7.71. The Hall–Kier alpha value is -5.62. The van der Waals surface area contributed by atoms with Gasteiger partial charge in [0.1, 0.15) is 6.04 Å². The zero-order valence-corrected chi connectivity index (χ0v) is 25.2. The van der Waals surface area contributed by atoms with Gasteiger partial charge in [0.2, 0.25) is 5.91 Å². The van der Waals surface area contributed by atoms with Crippen molar-refractivity contribution in [2.75, 3.05) is 6.54 Å². The molecule has 6 N–H and O–H groups in total. The summed E-state index contributed by atoms with van der Waals surface area (Å²) in [6.07, 6.45) is 2.10. The van der Waals surface area contributed by atoms with Gasteiger partial charge in [0.25, 0.3) is 5.91 Å². The number of para-hydroxylation sites is 2. The molecule has 2 aromatic heterocycles. The maximum Gasteiger partial charge on any atom is 0.328 e. The second-order valence-electron chi connectivity index (χ2n) is 11.1. The van der Waals surface area contributed by atoms with Crippen molar-refractivity contribution in [3.63, 3.8) is 0 Å². The molecule has 46 heavy (non-hydrogen) atoms. The molecule has 3 aromatic carbocycles. The second-order valence-corrected chi connectivity index (χ2v) is 11.1. The summed E-state index contributed by atoms with van der Waals surface area (Å²) in [6.45, 7) is 1.20. The first kappa shape index (κ1) is 31.8. The van der Waals surface area contributed by atoms with Gasteiger partial charge in [0.15, 0.2) is 11.5 Å². The summed E-state index contributed by atoms with van der Waals surface area (Å²) in [4.78, 5) is 56.4. The number of ketones is 1. The molecule has 236 valence electrons. The first-order chi connectivity index (χ1) is 22.2. The largest absolute Gasteiger partial charge is 0.480 e. The van der Waals surface area contributed by atoms with E-state index in [0.29, 0.717) is 11.4 Å². The minimum absolute atomic E-state index is 0.0241. The van der Waals surface area contributed by atoms with Gasteiger partial charge in [-0.1, -0.05) is 66.7 Å². The van der Waals surface area contributed by atoms with Crippen molar-refractivity contribution in [1.29, 1.82) is 0 Å². The number of nitrogens with zero attached hydrogens (tertiary/aromatic N) is 3. The summed E-state index contributed by atoms with van der Waals surface area (Å²) in [7, 11) is 0. The van der Waals surface area contributed by atoms with E-state index in [4.69, 9.17) is 5.73 Å². The number of hydrogen-bond donors (Lipinski definition) is 5. The van der Waals surface area contributed by atoms with Crippen molar-refractivity contribution < 1.29 is 24.3 Å². The Labute approximate surface area is 265 Å². The lowest BCUT2D eigenvalue weighted by molar-refractivity contribution is -0.142. The molecule has 3 atom stereocenters. The maximum absolute atomic E-state index is 13.5. The Kier molecular flexibility index (Phi) is 9.98. The van der Waals surface area contributed by atoms with Crippen LogP contribution in [0.25, 0.3) is 16.6 Å². The van der Waals surface area contributed by atoms with E-state index in [2.05, 4.69) is 25.8 Å². The van der Waals surface area contributed by atoms with E-state index in [9.17, 15) is 24.3 Å². The van der Waals surface area contributed by atoms with Crippen LogP contribution in [-0.4, -0.2) is 67.3 Å². The van der Waals surface area contributed by atoms with Gasteiger partial charge in [0, 0.05) is 36.0 Å². The van der Waals surface area contributed by atoms with Crippen LogP contribution in [0.2, 0.25) is 0 Å². The average molecular weight is 622 g/mol. The molecule has 0 fully saturated rings. The molecule has 0 radical (unpaired) electrons. The van der Waals surface area contributed by atoms with E-state index < -0.39 is 42.3 Å². The smallest absolute Gasteiger partial charge is 0.328 e. The molecule has 12 heteroatoms. The van der Waals surface area contributed by atoms with Crippen molar-refractivity contribution in [2.24, 2.45) is 11.7 Å². The van der Waals surface area contributed by atoms with Crippen LogP contribution >= 0.6 is 0 Å². The second kappa shape index (κ2) is 14.4. The molecule has 0 saturated heterocycles. The van der Waals surface area contributed by atoms with Gasteiger partial charge in [-0.2, -0.15) is 9.90 Å². The molecule has 5 aromatic rings. The molecular weight excluding hydrogens is 586 g/mol. The number of nitrogens with one attached hydrogen (secondary N) is 3. The monoisotopic (exact) mass is 621 g/mol. The molecule has 0 spiro atoms. The molecule has 0 aliphatic rings. The van der Waals surface area contributed by atoms with E-state index in [1.54, 1.807) is 19.1 Å². The number of nitrogens with two attached hydrogens (primary N) is 1. The summed E-state index contributed by atoms with van der Waals surface area (Å²) in [6, 6.07) is 23.5. The van der Waals surface area contributed by atoms with Crippen LogP contribution in [0.1, 0.15) is 33.7 Å². The number of Topliss-reactive ketones (excluding diaryl/α,β-unsaturated/α-hetero) is 1. The number of H-pyrrole nitrogens is 1. The number of fused-ring (bicyclic) bond motifs is 1. The Morgan fingerprint density at radius 3 is 2.30 bits per heavy atom. The third-order valence-corrected chi connectivity index (χ3v) is 7.74. The fourth-order valence-corrected chi connectivity index (χ4v) is 5.24. The Morgan fingerprint density at radius 1 is 0.913 bits per heavy atom. The van der Waals surface area contributed by atoms with Gasteiger partial charge in [0.05, 0.1) is 17.4 Å². The van der Waals surface area contributed by atoms with Crippen LogP contribution in [0.15, 0.2) is 91.1 Å². The predicted molar refractivity (Wildman–Crippen MR) is 171 cm³/mol. The first-order valence-electron chi connectivity index (χ1n) is 14.9. The number of aromatic amines is 1. The minimum atomic E-state index is -1.46. The molecule has 12 nitrogen and oxygen atoms in total. The topological polar surface area (TPSA) is 185 Å². The Balaban J connectivity index is 1.25. The standard InChI is InChI=1S/C34H35N7O5/c1-21-31(40-41(39-21)25-12-6-3-7-13-25)33(44)37-20-29(34(45)46)38-32(43)23(16-22-10-4-2-5-11-22)18-30(42)27(35)17-24-19-36-28-15-9-8-14-26(24)28/h2-15,19,23,27,29,36H,16-18,20,35H2,1H3,(H,37,44)(H,38,43)(H,45,46)/t23-,27+,29+/m1/s1. The van der Waals surface area contributed by atoms with Gasteiger partial charge >= 0.3 is 5.97 Å². The van der Waals surface area contributed by atoms with Crippen LogP contribution in [-0.2, 0) is 27.2 Å². The van der Waals surface area contributed by atoms with Crippen LogP contribution in [0.3, 0.4) is 0 Å². The summed E-state index contributed by atoms with van der Waals surface area (Å²) in [5, 5.41) is 24.4. The quantitative estimate of drug-likeness (QED) is 0.125. The Morgan fingerprint density at radius 2 is 1.59 bits per heavy atom. The normalized spacial score (nSPS) is 13.1. The molecule has 0 aliphatic heterocycles. The van der Waals surface area contributed by atoms with Gasteiger partial charge in [-0.05, 0) is 49.1 Å². The van der Waals surface area contributed by atoms with E-state index >= 15 is 0 Å². The van der Waals surface area contributed by atoms with Crippen LogP contribution < -0.4 is 16.4 Å². The highest BCUT2D eigenvalue weighted by Gasteiger charge is 2.30. The van der Waals surface area contributed by atoms with Gasteiger partial charge in [-0.25, -0.2) is 4.79 Å². The van der Waals surface area contributed by atoms with E-state index in [1.165, 1.54) is 4.80 Å². The summed E-state index contributed by atoms with van der Waals surface area (Å²) in [5.41, 5.74) is 9.98. The SMILES string of the molecule is Cc1nn(-c2ccccc2)nc1C(=O)NC[C@H](NC(=O)[C@@H](CC(=O)[C@@H](N)Cc1c[nH]c2ccccc12)Cc1ccccc1)C(=O)O. The number of carbonyl (C=O) groups excluding carboxylic acids is 3. The zero-order chi connectivity index (χ0) is 32.6. The van der Waals surface area contributed by atoms with Crippen molar-refractivity contribution in [2.45, 2.75) is 38.3 Å². The average Bonchev–Trinajstić information content (AvgIpc) is 3.66. The molecule has 0 unspecified atom stereocenters. The Bertz CT molecular complexity index is 1830. The van der Waals surface area contributed by atoms with Crippen molar-refractivity contribution in [3.05, 3.63) is 114 Å². The molecule has 2 heterocycles. The highest BCUT2D eigenvalue weighted by Crippen LogP contribution is 2.21. The summed E-state index contributed by atoms with van der Waals surface area (Å²) in [5.74, 6) is -3.84. The van der Waals surface area contributed by atoms with Crippen LogP contribution in [0.5, 0.6) is 0 Å². The number of carboxylic acid groups (broad SMARTS) is 1. The molecule has 0 aliphatic carbocycles. The fraction of sp³-hybridized carbons (Fsp3) is 0.235. The number of carboxylic acids is 1. The van der Waals surface area contributed by atoms with Gasteiger partial charge < -0.3 is 26.5 Å². The van der Waals surface area contributed by atoms with Crippen molar-refractivity contribution in [3.8, 4) is 5.69 Å². The lowest BCUT2D eigenvalue weighted by Gasteiger charge is -2.21. The van der Waals surface area contributed by atoms with E-state index in [-0.39, 0.29) is 30.7 Å². The molecule has 2 amide bonds. The maximum atomic E-state index is 13.5. The number of aromatic nitrogens is 4.